The molecule has 0 atom stereocenters. The van der Waals surface area contributed by atoms with Crippen LogP contribution in [0.4, 0.5) is 17.3 Å². The summed E-state index contributed by atoms with van der Waals surface area (Å²) < 4.78 is 31.3. The van der Waals surface area contributed by atoms with Crippen molar-refractivity contribution in [2.45, 2.75) is 19.8 Å². The molecule has 0 bridgehead atoms. The minimum atomic E-state index is -3.40. The van der Waals surface area contributed by atoms with E-state index in [4.69, 9.17) is 16.3 Å². The maximum Gasteiger partial charge on any atom is 0.233 e. The number of rotatable bonds is 8. The maximum absolute atomic E-state index is 11.8. The summed E-state index contributed by atoms with van der Waals surface area (Å²) in [5.41, 5.74) is 0.635. The number of methoxy groups -OCH3 is 1. The van der Waals surface area contributed by atoms with Crippen LogP contribution >= 0.6 is 11.6 Å². The van der Waals surface area contributed by atoms with Crippen molar-refractivity contribution < 1.29 is 13.2 Å². The number of anilines is 3. The summed E-state index contributed by atoms with van der Waals surface area (Å²) in [7, 11) is -1.85. The van der Waals surface area contributed by atoms with Gasteiger partial charge in [-0.1, -0.05) is 24.9 Å². The molecule has 0 radical (unpaired) electrons. The standard InChI is InChI=1S/C15H19ClN4O3S/c1-3-4-9-24(21,22)20-15-8-7-14(18-19-15)17-12-10-11(16)5-6-13(12)23-2/h5-8,10H,3-4,9H2,1-2H3,(H,17,18)(H,19,20). The van der Waals surface area contributed by atoms with Crippen molar-refractivity contribution >= 4 is 38.9 Å². The molecule has 0 saturated heterocycles. The molecule has 0 aliphatic rings. The van der Waals surface area contributed by atoms with Crippen LogP contribution in [-0.2, 0) is 10.0 Å². The topological polar surface area (TPSA) is 93.2 Å². The number of nitrogens with zero attached hydrogens (tertiary/aromatic N) is 2. The molecular weight excluding hydrogens is 352 g/mol. The Hall–Kier alpha value is -2.06. The summed E-state index contributed by atoms with van der Waals surface area (Å²) in [6.07, 6.45) is 1.40. The van der Waals surface area contributed by atoms with Gasteiger partial charge in [-0.3, -0.25) is 4.72 Å². The highest BCUT2D eigenvalue weighted by molar-refractivity contribution is 7.92. The van der Waals surface area contributed by atoms with Gasteiger partial charge in [-0.15, -0.1) is 10.2 Å². The molecule has 0 amide bonds. The number of aromatic nitrogens is 2. The molecule has 0 spiro atoms. The van der Waals surface area contributed by atoms with E-state index in [1.54, 1.807) is 31.4 Å². The Kier molecular flexibility index (Phi) is 6.22. The van der Waals surface area contributed by atoms with Crippen molar-refractivity contribution in [2.24, 2.45) is 0 Å². The summed E-state index contributed by atoms with van der Waals surface area (Å²) >= 11 is 5.97. The molecule has 24 heavy (non-hydrogen) atoms. The summed E-state index contributed by atoms with van der Waals surface area (Å²) in [4.78, 5) is 0. The fraction of sp³-hybridized carbons (Fsp3) is 0.333. The van der Waals surface area contributed by atoms with E-state index in [1.165, 1.54) is 6.07 Å². The van der Waals surface area contributed by atoms with Gasteiger partial charge in [0.1, 0.15) is 5.75 Å². The molecule has 2 N–H and O–H groups in total. The van der Waals surface area contributed by atoms with Gasteiger partial charge in [-0.2, -0.15) is 0 Å². The van der Waals surface area contributed by atoms with Gasteiger partial charge in [-0.05, 0) is 36.8 Å². The van der Waals surface area contributed by atoms with Crippen LogP contribution in [0.25, 0.3) is 0 Å². The number of hydrogen-bond donors (Lipinski definition) is 2. The Morgan fingerprint density at radius 3 is 2.50 bits per heavy atom. The van der Waals surface area contributed by atoms with E-state index in [9.17, 15) is 8.42 Å². The van der Waals surface area contributed by atoms with Crippen molar-refractivity contribution in [2.75, 3.05) is 22.9 Å². The zero-order valence-electron chi connectivity index (χ0n) is 13.4. The largest absolute Gasteiger partial charge is 0.495 e. The highest BCUT2D eigenvalue weighted by Crippen LogP contribution is 2.29. The maximum atomic E-state index is 11.8. The first-order valence-electron chi connectivity index (χ1n) is 7.38. The smallest absolute Gasteiger partial charge is 0.233 e. The van der Waals surface area contributed by atoms with Gasteiger partial charge < -0.3 is 10.1 Å². The Bertz CT molecular complexity index is 782. The Balaban J connectivity index is 2.09. The van der Waals surface area contributed by atoms with Crippen molar-refractivity contribution in [1.82, 2.24) is 10.2 Å². The molecule has 1 aromatic heterocycles. The molecule has 0 saturated carbocycles. The van der Waals surface area contributed by atoms with E-state index in [2.05, 4.69) is 20.2 Å². The second-order valence-corrected chi connectivity index (χ2v) is 7.33. The molecule has 1 aromatic carbocycles. The molecule has 9 heteroatoms. The zero-order chi connectivity index (χ0) is 17.6. The van der Waals surface area contributed by atoms with E-state index in [0.717, 1.165) is 6.42 Å². The fourth-order valence-electron chi connectivity index (χ4n) is 1.91. The number of ether oxygens (including phenoxy) is 1. The fourth-order valence-corrected chi connectivity index (χ4v) is 3.28. The number of nitrogens with one attached hydrogen (secondary N) is 2. The lowest BCUT2D eigenvalue weighted by Gasteiger charge is -2.11. The first kappa shape index (κ1) is 18.3. The first-order chi connectivity index (χ1) is 11.4. The average molecular weight is 371 g/mol. The van der Waals surface area contributed by atoms with Gasteiger partial charge in [0, 0.05) is 5.02 Å². The first-order valence-corrected chi connectivity index (χ1v) is 9.41. The molecule has 2 aromatic rings. The van der Waals surface area contributed by atoms with E-state index >= 15 is 0 Å². The molecule has 7 nitrogen and oxygen atoms in total. The van der Waals surface area contributed by atoms with Crippen LogP contribution in [0.15, 0.2) is 30.3 Å². The molecule has 0 aliphatic heterocycles. The summed E-state index contributed by atoms with van der Waals surface area (Å²) in [5, 5.41) is 11.4. The zero-order valence-corrected chi connectivity index (χ0v) is 15.0. The van der Waals surface area contributed by atoms with Crippen molar-refractivity contribution in [1.29, 1.82) is 0 Å². The number of benzene rings is 1. The highest BCUT2D eigenvalue weighted by atomic mass is 35.5. The Labute approximate surface area is 146 Å². The molecule has 1 heterocycles. The predicted molar refractivity (Wildman–Crippen MR) is 95.6 cm³/mol. The van der Waals surface area contributed by atoms with Gasteiger partial charge in [-0.25, -0.2) is 8.42 Å². The van der Waals surface area contributed by atoms with Gasteiger partial charge in [0.2, 0.25) is 10.0 Å². The summed E-state index contributed by atoms with van der Waals surface area (Å²) in [6.45, 7) is 1.93. The monoisotopic (exact) mass is 370 g/mol. The van der Waals surface area contributed by atoms with Crippen LogP contribution in [0.5, 0.6) is 5.75 Å². The lowest BCUT2D eigenvalue weighted by Crippen LogP contribution is -2.17. The van der Waals surface area contributed by atoms with Gasteiger partial charge in [0.05, 0.1) is 18.6 Å². The van der Waals surface area contributed by atoms with E-state index in [-0.39, 0.29) is 11.6 Å². The third-order valence-electron chi connectivity index (χ3n) is 3.12. The normalized spacial score (nSPS) is 11.1. The van der Waals surface area contributed by atoms with Crippen molar-refractivity contribution in [3.63, 3.8) is 0 Å². The molecular formula is C15H19ClN4O3S. The molecule has 0 unspecified atom stereocenters. The SMILES string of the molecule is CCCCS(=O)(=O)Nc1ccc(Nc2cc(Cl)ccc2OC)nn1. The summed E-state index contributed by atoms with van der Waals surface area (Å²) in [5.74, 6) is 1.28. The van der Waals surface area contributed by atoms with Crippen LogP contribution < -0.4 is 14.8 Å². The average Bonchev–Trinajstić information content (AvgIpc) is 2.55. The minimum Gasteiger partial charge on any atom is -0.495 e. The summed E-state index contributed by atoms with van der Waals surface area (Å²) in [6, 6.07) is 8.30. The lowest BCUT2D eigenvalue weighted by atomic mass is 10.3. The third kappa shape index (κ3) is 5.24. The second-order valence-electron chi connectivity index (χ2n) is 5.05. The molecule has 2 rings (SSSR count). The van der Waals surface area contributed by atoms with Gasteiger partial charge in [0.25, 0.3) is 0 Å². The van der Waals surface area contributed by atoms with Gasteiger partial charge >= 0.3 is 0 Å². The third-order valence-corrected chi connectivity index (χ3v) is 4.70. The molecule has 0 aliphatic carbocycles. The Morgan fingerprint density at radius 2 is 1.88 bits per heavy atom. The van der Waals surface area contributed by atoms with Crippen LogP contribution in [-0.4, -0.2) is 31.5 Å². The van der Waals surface area contributed by atoms with Crippen molar-refractivity contribution in [3.8, 4) is 5.75 Å². The molecule has 0 fully saturated rings. The second kappa shape index (κ2) is 8.16. The quantitative estimate of drug-likeness (QED) is 0.739. The Morgan fingerprint density at radius 1 is 1.17 bits per heavy atom. The van der Waals surface area contributed by atoms with Crippen LogP contribution in [0.3, 0.4) is 0 Å². The minimum absolute atomic E-state index is 0.0604. The van der Waals surface area contributed by atoms with Gasteiger partial charge in [0.15, 0.2) is 11.6 Å². The lowest BCUT2D eigenvalue weighted by molar-refractivity contribution is 0.417. The van der Waals surface area contributed by atoms with E-state index in [1.807, 2.05) is 6.92 Å². The number of sulfonamides is 1. The van der Waals surface area contributed by atoms with Crippen molar-refractivity contribution in [3.05, 3.63) is 35.4 Å². The van der Waals surface area contributed by atoms with E-state index < -0.39 is 10.0 Å². The van der Waals surface area contributed by atoms with Crippen LogP contribution in [0.2, 0.25) is 5.02 Å². The number of hydrogen-bond acceptors (Lipinski definition) is 6. The number of unbranched alkanes of at least 4 members (excludes halogenated alkanes) is 1. The number of halogens is 1. The molecule has 130 valence electrons. The predicted octanol–water partition coefficient (Wildman–Crippen LogP) is 3.42. The highest BCUT2D eigenvalue weighted by Gasteiger charge is 2.11. The van der Waals surface area contributed by atoms with E-state index in [0.29, 0.717) is 28.7 Å². The van der Waals surface area contributed by atoms with Crippen LogP contribution in [0, 0.1) is 0 Å². The van der Waals surface area contributed by atoms with Crippen LogP contribution in [0.1, 0.15) is 19.8 Å².